The van der Waals surface area contributed by atoms with Crippen LogP contribution in [0, 0.1) is 0 Å². The third-order valence-electron chi connectivity index (χ3n) is 3.36. The number of nitrogens with one attached hydrogen (secondary N) is 1. The van der Waals surface area contributed by atoms with Gasteiger partial charge in [0.05, 0.1) is 12.1 Å². The summed E-state index contributed by atoms with van der Waals surface area (Å²) in [7, 11) is 0. The van der Waals surface area contributed by atoms with Crippen molar-refractivity contribution in [2.75, 3.05) is 6.61 Å². The molecule has 1 aliphatic heterocycles. The molecule has 0 aromatic carbocycles. The summed E-state index contributed by atoms with van der Waals surface area (Å²) in [6, 6.07) is 4.69. The van der Waals surface area contributed by atoms with Gasteiger partial charge in [-0.15, -0.1) is 11.3 Å². The van der Waals surface area contributed by atoms with Crippen molar-refractivity contribution >= 4 is 11.3 Å². The van der Waals surface area contributed by atoms with Crippen LogP contribution >= 0.6 is 11.3 Å². The van der Waals surface area contributed by atoms with Gasteiger partial charge in [-0.05, 0) is 37.8 Å². The normalized spacial score (nSPS) is 22.6. The van der Waals surface area contributed by atoms with Crippen molar-refractivity contribution in [1.29, 1.82) is 0 Å². The Bertz CT molecular complexity index is 334. The fourth-order valence-electron chi connectivity index (χ4n) is 2.32. The molecule has 96 valence electrons. The van der Waals surface area contributed by atoms with Crippen molar-refractivity contribution in [3.8, 4) is 0 Å². The Morgan fingerprint density at radius 3 is 2.88 bits per heavy atom. The van der Waals surface area contributed by atoms with Gasteiger partial charge in [-0.25, -0.2) is 0 Å². The number of ether oxygens (including phenoxy) is 1. The molecule has 1 fully saturated rings. The van der Waals surface area contributed by atoms with E-state index in [0.717, 1.165) is 25.9 Å². The van der Waals surface area contributed by atoms with Gasteiger partial charge < -0.3 is 4.74 Å². The van der Waals surface area contributed by atoms with Crippen LogP contribution in [0.3, 0.4) is 0 Å². The maximum Gasteiger partial charge on any atom is 0.0745 e. The highest BCUT2D eigenvalue weighted by Crippen LogP contribution is 2.22. The lowest BCUT2D eigenvalue weighted by Gasteiger charge is -2.29. The van der Waals surface area contributed by atoms with Crippen LogP contribution in [-0.2, 0) is 17.6 Å². The number of hydrogen-bond acceptors (Lipinski definition) is 4. The average Bonchev–Trinajstić information content (AvgIpc) is 2.84. The number of nitrogens with two attached hydrogens (primary N) is 1. The molecular formula is C13H22N2OS. The minimum absolute atomic E-state index is 0.249. The summed E-state index contributed by atoms with van der Waals surface area (Å²) in [5, 5.41) is 0. The Labute approximate surface area is 107 Å². The molecule has 1 aromatic rings. The molecule has 2 heterocycles. The molecule has 1 aliphatic rings. The highest BCUT2D eigenvalue weighted by molar-refractivity contribution is 7.11. The van der Waals surface area contributed by atoms with E-state index in [1.807, 2.05) is 11.3 Å². The fraction of sp³-hybridized carbons (Fsp3) is 0.692. The Kier molecular flexibility index (Phi) is 4.98. The molecular weight excluding hydrogens is 232 g/mol. The van der Waals surface area contributed by atoms with Crippen LogP contribution in [-0.4, -0.2) is 18.8 Å². The van der Waals surface area contributed by atoms with E-state index in [0.29, 0.717) is 0 Å². The first-order valence-corrected chi connectivity index (χ1v) is 7.30. The lowest BCUT2D eigenvalue weighted by atomic mass is 9.99. The minimum Gasteiger partial charge on any atom is -0.377 e. The van der Waals surface area contributed by atoms with Crippen LogP contribution in [0.15, 0.2) is 12.1 Å². The summed E-state index contributed by atoms with van der Waals surface area (Å²) in [4.78, 5) is 2.85. The number of hydrogen-bond donors (Lipinski definition) is 2. The molecule has 2 rings (SSSR count). The number of hydrazine groups is 1. The molecule has 3 N–H and O–H groups in total. The highest BCUT2D eigenvalue weighted by Gasteiger charge is 2.24. The summed E-state index contributed by atoms with van der Waals surface area (Å²) < 4.78 is 5.80. The molecule has 0 radical (unpaired) electrons. The number of rotatable bonds is 5. The van der Waals surface area contributed by atoms with Gasteiger partial charge in [-0.3, -0.25) is 11.3 Å². The van der Waals surface area contributed by atoms with Crippen LogP contribution < -0.4 is 11.3 Å². The first-order valence-electron chi connectivity index (χ1n) is 6.48. The van der Waals surface area contributed by atoms with Gasteiger partial charge in [0.2, 0.25) is 0 Å². The molecule has 17 heavy (non-hydrogen) atoms. The van der Waals surface area contributed by atoms with Crippen molar-refractivity contribution < 1.29 is 4.74 Å². The number of aryl methyl sites for hydroxylation is 1. The third-order valence-corrected chi connectivity index (χ3v) is 4.62. The lowest BCUT2D eigenvalue weighted by Crippen LogP contribution is -2.47. The third kappa shape index (κ3) is 3.52. The van der Waals surface area contributed by atoms with Crippen molar-refractivity contribution in [3.63, 3.8) is 0 Å². The van der Waals surface area contributed by atoms with Gasteiger partial charge in [-0.2, -0.15) is 0 Å². The molecule has 0 spiro atoms. The summed E-state index contributed by atoms with van der Waals surface area (Å²) in [5.41, 5.74) is 2.93. The van der Waals surface area contributed by atoms with E-state index < -0.39 is 0 Å². The minimum atomic E-state index is 0.249. The molecule has 3 nitrogen and oxygen atoms in total. The van der Waals surface area contributed by atoms with Gasteiger partial charge in [0.25, 0.3) is 0 Å². The zero-order valence-corrected chi connectivity index (χ0v) is 11.3. The van der Waals surface area contributed by atoms with Crippen molar-refractivity contribution in [1.82, 2.24) is 5.43 Å². The summed E-state index contributed by atoms with van der Waals surface area (Å²) in [6.45, 7) is 3.08. The van der Waals surface area contributed by atoms with Crippen LogP contribution in [0.5, 0.6) is 0 Å². The van der Waals surface area contributed by atoms with Crippen LogP contribution in [0.25, 0.3) is 0 Å². The molecule has 0 aliphatic carbocycles. The zero-order chi connectivity index (χ0) is 12.1. The monoisotopic (exact) mass is 254 g/mol. The first-order chi connectivity index (χ1) is 8.33. The van der Waals surface area contributed by atoms with Crippen molar-refractivity contribution in [2.45, 2.75) is 51.2 Å². The zero-order valence-electron chi connectivity index (χ0n) is 10.4. The average molecular weight is 254 g/mol. The van der Waals surface area contributed by atoms with E-state index in [4.69, 9.17) is 10.6 Å². The van der Waals surface area contributed by atoms with E-state index in [-0.39, 0.29) is 12.1 Å². The standard InChI is InChI=1S/C13H22N2OS/c1-2-10-6-7-11(17-10)9-12(15-14)13-5-3-4-8-16-13/h6-7,12-13,15H,2-5,8-9,14H2,1H3. The molecule has 0 amide bonds. The summed E-state index contributed by atoms with van der Waals surface area (Å²) >= 11 is 1.89. The van der Waals surface area contributed by atoms with Gasteiger partial charge in [0, 0.05) is 22.8 Å². The molecule has 2 unspecified atom stereocenters. The Hall–Kier alpha value is -0.420. The maximum atomic E-state index is 5.80. The predicted octanol–water partition coefficient (Wildman–Crippen LogP) is 2.25. The van der Waals surface area contributed by atoms with Gasteiger partial charge >= 0.3 is 0 Å². The first kappa shape index (κ1) is 13.0. The molecule has 0 saturated carbocycles. The molecule has 1 saturated heterocycles. The highest BCUT2D eigenvalue weighted by atomic mass is 32.1. The fourth-order valence-corrected chi connectivity index (χ4v) is 3.34. The molecule has 0 bridgehead atoms. The van der Waals surface area contributed by atoms with Gasteiger partial charge in [-0.1, -0.05) is 6.92 Å². The summed E-state index contributed by atoms with van der Waals surface area (Å²) in [6.07, 6.45) is 5.94. The van der Waals surface area contributed by atoms with Crippen molar-refractivity contribution in [2.24, 2.45) is 5.84 Å². The number of thiophene rings is 1. The summed E-state index contributed by atoms with van der Waals surface area (Å²) in [5.74, 6) is 5.67. The van der Waals surface area contributed by atoms with E-state index in [1.165, 1.54) is 22.6 Å². The Morgan fingerprint density at radius 1 is 1.47 bits per heavy atom. The Balaban J connectivity index is 1.93. The van der Waals surface area contributed by atoms with Crippen LogP contribution in [0.1, 0.15) is 35.9 Å². The predicted molar refractivity (Wildman–Crippen MR) is 72.1 cm³/mol. The quantitative estimate of drug-likeness (QED) is 0.626. The second-order valence-electron chi connectivity index (χ2n) is 4.60. The largest absolute Gasteiger partial charge is 0.377 e. The topological polar surface area (TPSA) is 47.3 Å². The van der Waals surface area contributed by atoms with Crippen LogP contribution in [0.2, 0.25) is 0 Å². The van der Waals surface area contributed by atoms with Crippen LogP contribution in [0.4, 0.5) is 0 Å². The lowest BCUT2D eigenvalue weighted by molar-refractivity contribution is -0.00728. The van der Waals surface area contributed by atoms with Gasteiger partial charge in [0.15, 0.2) is 0 Å². The smallest absolute Gasteiger partial charge is 0.0745 e. The molecule has 1 aromatic heterocycles. The van der Waals surface area contributed by atoms with E-state index in [2.05, 4.69) is 24.5 Å². The second-order valence-corrected chi connectivity index (χ2v) is 5.86. The van der Waals surface area contributed by atoms with Gasteiger partial charge in [0.1, 0.15) is 0 Å². The molecule has 4 heteroatoms. The van der Waals surface area contributed by atoms with E-state index in [1.54, 1.807) is 0 Å². The second kappa shape index (κ2) is 6.50. The van der Waals surface area contributed by atoms with E-state index >= 15 is 0 Å². The van der Waals surface area contributed by atoms with Crippen molar-refractivity contribution in [3.05, 3.63) is 21.9 Å². The molecule has 2 atom stereocenters. The SMILES string of the molecule is CCc1ccc(CC(NN)C2CCCCO2)s1. The van der Waals surface area contributed by atoms with E-state index in [9.17, 15) is 0 Å². The Morgan fingerprint density at radius 2 is 2.29 bits per heavy atom. The maximum absolute atomic E-state index is 5.80.